The third-order valence-electron chi connectivity index (χ3n) is 9.53. The van der Waals surface area contributed by atoms with Crippen LogP contribution in [0.3, 0.4) is 0 Å². The minimum absolute atomic E-state index is 0.991. The largest absolute Gasteiger partial charge is 0.256 e. The van der Waals surface area contributed by atoms with E-state index in [1.165, 1.54) is 82.0 Å². The summed E-state index contributed by atoms with van der Waals surface area (Å²) in [5.41, 5.74) is 10.7. The fourth-order valence-corrected chi connectivity index (χ4v) is 7.14. The molecule has 0 saturated carbocycles. The number of hydrogen-bond acceptors (Lipinski definition) is 1. The van der Waals surface area contributed by atoms with Crippen molar-refractivity contribution in [1.82, 2.24) is 4.98 Å². The van der Waals surface area contributed by atoms with Crippen LogP contribution in [0.25, 0.3) is 87.7 Å². The van der Waals surface area contributed by atoms with E-state index in [1.807, 2.05) is 6.20 Å². The first kappa shape index (κ1) is 27.3. The Balaban J connectivity index is 1.31. The van der Waals surface area contributed by atoms with Crippen molar-refractivity contribution in [2.24, 2.45) is 0 Å². The first-order chi connectivity index (χ1) is 23.2. The predicted molar refractivity (Wildman–Crippen MR) is 201 cm³/mol. The first-order valence-electron chi connectivity index (χ1n) is 16.2. The molecule has 0 fully saturated rings. The van der Waals surface area contributed by atoms with Crippen LogP contribution in [0.15, 0.2) is 170 Å². The van der Waals surface area contributed by atoms with Gasteiger partial charge in [0.25, 0.3) is 0 Å². The number of pyridine rings is 1. The van der Waals surface area contributed by atoms with Crippen molar-refractivity contribution < 1.29 is 0 Å². The molecule has 0 atom stereocenters. The summed E-state index contributed by atoms with van der Waals surface area (Å²) in [6, 6.07) is 60.0. The van der Waals surface area contributed by atoms with Gasteiger partial charge in [-0.05, 0) is 113 Å². The Bertz CT molecular complexity index is 2610. The first-order valence-corrected chi connectivity index (χ1v) is 16.2. The van der Waals surface area contributed by atoms with E-state index in [9.17, 15) is 0 Å². The van der Waals surface area contributed by atoms with Crippen molar-refractivity contribution in [3.63, 3.8) is 0 Å². The van der Waals surface area contributed by atoms with Crippen LogP contribution in [0.4, 0.5) is 0 Å². The second-order valence-electron chi connectivity index (χ2n) is 12.5. The normalized spacial score (nSPS) is 11.5. The maximum absolute atomic E-state index is 4.64. The molecule has 0 amide bonds. The summed E-state index contributed by atoms with van der Waals surface area (Å²) in [5, 5.41) is 10.0. The van der Waals surface area contributed by atoms with Gasteiger partial charge in [-0.25, -0.2) is 0 Å². The molecular weight excluding hydrogens is 567 g/mol. The molecule has 0 aliphatic rings. The minimum Gasteiger partial charge on any atom is -0.256 e. The molecular formula is C46H31N. The summed E-state index contributed by atoms with van der Waals surface area (Å²) >= 11 is 0. The molecule has 0 spiro atoms. The van der Waals surface area contributed by atoms with Gasteiger partial charge in [-0.3, -0.25) is 4.98 Å². The number of rotatable bonds is 4. The molecule has 47 heavy (non-hydrogen) atoms. The molecule has 0 bridgehead atoms. The molecule has 220 valence electrons. The lowest BCUT2D eigenvalue weighted by molar-refractivity contribution is 1.27. The Morgan fingerprint density at radius 1 is 0.340 bits per heavy atom. The smallest absolute Gasteiger partial charge is 0.0702 e. The third kappa shape index (κ3) is 4.76. The lowest BCUT2D eigenvalue weighted by Gasteiger charge is -2.19. The molecule has 1 heteroatoms. The van der Waals surface area contributed by atoms with Gasteiger partial charge in [-0.2, -0.15) is 0 Å². The molecule has 1 aromatic heterocycles. The van der Waals surface area contributed by atoms with Crippen molar-refractivity contribution in [2.75, 3.05) is 0 Å². The lowest BCUT2D eigenvalue weighted by Crippen LogP contribution is -1.92. The van der Waals surface area contributed by atoms with Crippen molar-refractivity contribution in [2.45, 2.75) is 6.92 Å². The van der Waals surface area contributed by atoms with Gasteiger partial charge in [0.05, 0.1) is 5.69 Å². The quantitative estimate of drug-likeness (QED) is 0.184. The maximum Gasteiger partial charge on any atom is 0.0702 e. The van der Waals surface area contributed by atoms with E-state index >= 15 is 0 Å². The monoisotopic (exact) mass is 597 g/mol. The van der Waals surface area contributed by atoms with Crippen LogP contribution in [0, 0.1) is 6.92 Å². The number of aryl methyl sites for hydroxylation is 1. The van der Waals surface area contributed by atoms with E-state index in [0.717, 1.165) is 11.3 Å². The van der Waals surface area contributed by atoms with Crippen molar-refractivity contribution in [1.29, 1.82) is 0 Å². The zero-order valence-corrected chi connectivity index (χ0v) is 26.1. The molecule has 0 unspecified atom stereocenters. The fourth-order valence-electron chi connectivity index (χ4n) is 7.14. The van der Waals surface area contributed by atoms with Gasteiger partial charge in [-0.1, -0.05) is 140 Å². The summed E-state index contributed by atoms with van der Waals surface area (Å²) in [6.07, 6.45) is 1.93. The Morgan fingerprint density at radius 3 is 1.43 bits per heavy atom. The van der Waals surface area contributed by atoms with E-state index in [4.69, 9.17) is 0 Å². The van der Waals surface area contributed by atoms with Gasteiger partial charge < -0.3 is 0 Å². The Labute approximate surface area is 274 Å². The highest BCUT2D eigenvalue weighted by Gasteiger charge is 2.18. The summed E-state index contributed by atoms with van der Waals surface area (Å²) in [6.45, 7) is 2.07. The minimum atomic E-state index is 0.991. The molecule has 0 N–H and O–H groups in total. The van der Waals surface area contributed by atoms with E-state index in [0.29, 0.717) is 0 Å². The second kappa shape index (κ2) is 11.1. The van der Waals surface area contributed by atoms with Crippen molar-refractivity contribution >= 4 is 43.1 Å². The Kier molecular flexibility index (Phi) is 6.43. The third-order valence-corrected chi connectivity index (χ3v) is 9.53. The molecule has 1 heterocycles. The van der Waals surface area contributed by atoms with Gasteiger partial charge in [0.2, 0.25) is 0 Å². The zero-order chi connectivity index (χ0) is 31.3. The molecule has 8 aromatic carbocycles. The number of aromatic nitrogens is 1. The number of hydrogen-bond donors (Lipinski definition) is 0. The summed E-state index contributed by atoms with van der Waals surface area (Å²) < 4.78 is 0. The number of nitrogens with zero attached hydrogens (tertiary/aromatic N) is 1. The van der Waals surface area contributed by atoms with E-state index < -0.39 is 0 Å². The lowest BCUT2D eigenvalue weighted by atomic mass is 9.84. The van der Waals surface area contributed by atoms with Crippen molar-refractivity contribution in [3.05, 3.63) is 176 Å². The van der Waals surface area contributed by atoms with Crippen LogP contribution >= 0.6 is 0 Å². The van der Waals surface area contributed by atoms with Crippen LogP contribution < -0.4 is 0 Å². The second-order valence-corrected chi connectivity index (χ2v) is 12.5. The summed E-state index contributed by atoms with van der Waals surface area (Å²) in [5.74, 6) is 0. The molecule has 0 radical (unpaired) electrons. The Hall–Kier alpha value is -6.05. The number of benzene rings is 8. The Morgan fingerprint density at radius 2 is 0.830 bits per heavy atom. The SMILES string of the molecule is Cc1ccc(-c2ccc(-c3ccc4c(-c5ccc6ccccc6c5)c5ccccc5c(-c5ccc6ccccc6c5)c4c3)cc2)nc1. The molecule has 1 nitrogen and oxygen atoms in total. The summed E-state index contributed by atoms with van der Waals surface area (Å²) in [7, 11) is 0. The van der Waals surface area contributed by atoms with Crippen LogP contribution in [-0.4, -0.2) is 4.98 Å². The topological polar surface area (TPSA) is 12.9 Å². The van der Waals surface area contributed by atoms with Crippen LogP contribution in [0.2, 0.25) is 0 Å². The molecule has 0 aliphatic heterocycles. The zero-order valence-electron chi connectivity index (χ0n) is 26.1. The van der Waals surface area contributed by atoms with Gasteiger partial charge in [-0.15, -0.1) is 0 Å². The molecule has 0 aliphatic carbocycles. The van der Waals surface area contributed by atoms with Crippen LogP contribution in [-0.2, 0) is 0 Å². The van der Waals surface area contributed by atoms with Gasteiger partial charge in [0.1, 0.15) is 0 Å². The molecule has 9 rings (SSSR count). The molecule has 0 saturated heterocycles. The molecule has 9 aromatic rings. The average molecular weight is 598 g/mol. The van der Waals surface area contributed by atoms with Gasteiger partial charge >= 0.3 is 0 Å². The average Bonchev–Trinajstić information content (AvgIpc) is 3.13. The maximum atomic E-state index is 4.64. The van der Waals surface area contributed by atoms with E-state index in [1.54, 1.807) is 0 Å². The predicted octanol–water partition coefficient (Wildman–Crippen LogP) is 12.7. The summed E-state index contributed by atoms with van der Waals surface area (Å²) in [4.78, 5) is 4.64. The van der Waals surface area contributed by atoms with E-state index in [-0.39, 0.29) is 0 Å². The van der Waals surface area contributed by atoms with Gasteiger partial charge in [0, 0.05) is 11.8 Å². The number of fused-ring (bicyclic) bond motifs is 4. The van der Waals surface area contributed by atoms with Gasteiger partial charge in [0.15, 0.2) is 0 Å². The van der Waals surface area contributed by atoms with Crippen LogP contribution in [0.1, 0.15) is 5.56 Å². The standard InChI is InChI=1S/C46H31N/c1-30-14-25-44(47-29-30)34-19-15-33(16-20-34)37-23-24-42-43(28-37)46(39-22-18-32-9-3-5-11-36(32)27-39)41-13-7-6-12-40(41)45(42)38-21-17-31-8-2-4-10-35(31)26-38/h2-29H,1H3. The highest BCUT2D eigenvalue weighted by atomic mass is 14.7. The van der Waals surface area contributed by atoms with Crippen molar-refractivity contribution in [3.8, 4) is 44.6 Å². The highest BCUT2D eigenvalue weighted by molar-refractivity contribution is 6.22. The van der Waals surface area contributed by atoms with Crippen LogP contribution in [0.5, 0.6) is 0 Å². The van der Waals surface area contributed by atoms with E-state index in [2.05, 4.69) is 176 Å². The fraction of sp³-hybridized carbons (Fsp3) is 0.0217. The highest BCUT2D eigenvalue weighted by Crippen LogP contribution is 2.45.